The van der Waals surface area contributed by atoms with E-state index in [4.69, 9.17) is 27.9 Å². The first-order chi connectivity index (χ1) is 15.3. The molecular formula is C24H30Cl2N2O3S. The number of ether oxygens (including phenoxy) is 1. The Morgan fingerprint density at radius 2 is 1.97 bits per heavy atom. The zero-order chi connectivity index (χ0) is 23.5. The van der Waals surface area contributed by atoms with Crippen molar-refractivity contribution in [1.29, 1.82) is 0 Å². The molecule has 0 heterocycles. The number of thioether (sulfide) groups is 1. The van der Waals surface area contributed by atoms with Gasteiger partial charge in [-0.15, -0.1) is 11.8 Å². The highest BCUT2D eigenvalue weighted by Gasteiger charge is 2.26. The van der Waals surface area contributed by atoms with Crippen molar-refractivity contribution in [1.82, 2.24) is 10.2 Å². The monoisotopic (exact) mass is 496 g/mol. The van der Waals surface area contributed by atoms with Crippen molar-refractivity contribution in [3.8, 4) is 5.75 Å². The van der Waals surface area contributed by atoms with Crippen molar-refractivity contribution in [2.75, 3.05) is 19.4 Å². The zero-order valence-corrected chi connectivity index (χ0v) is 21.0. The molecule has 0 aliphatic carbocycles. The van der Waals surface area contributed by atoms with E-state index in [1.807, 2.05) is 30.3 Å². The molecule has 32 heavy (non-hydrogen) atoms. The molecule has 1 atom stereocenters. The molecule has 0 saturated heterocycles. The van der Waals surface area contributed by atoms with Crippen LogP contribution >= 0.6 is 35.0 Å². The lowest BCUT2D eigenvalue weighted by molar-refractivity contribution is -0.138. The summed E-state index contributed by atoms with van der Waals surface area (Å²) in [6.07, 6.45) is 1.89. The molecule has 5 nitrogen and oxygen atoms in total. The summed E-state index contributed by atoms with van der Waals surface area (Å²) < 4.78 is 5.30. The van der Waals surface area contributed by atoms with Gasteiger partial charge < -0.3 is 15.0 Å². The minimum Gasteiger partial charge on any atom is -0.497 e. The highest BCUT2D eigenvalue weighted by molar-refractivity contribution is 7.99. The predicted molar refractivity (Wildman–Crippen MR) is 134 cm³/mol. The van der Waals surface area contributed by atoms with Gasteiger partial charge in [0.25, 0.3) is 0 Å². The molecule has 1 N–H and O–H groups in total. The second-order valence-corrected chi connectivity index (χ2v) is 9.25. The van der Waals surface area contributed by atoms with Crippen LogP contribution in [0.3, 0.4) is 0 Å². The van der Waals surface area contributed by atoms with Gasteiger partial charge in [0.05, 0.1) is 12.9 Å². The summed E-state index contributed by atoms with van der Waals surface area (Å²) in [4.78, 5) is 27.4. The van der Waals surface area contributed by atoms with Gasteiger partial charge in [-0.05, 0) is 48.7 Å². The fraction of sp³-hybridized carbons (Fsp3) is 0.417. The average molecular weight is 497 g/mol. The zero-order valence-electron chi connectivity index (χ0n) is 18.7. The van der Waals surface area contributed by atoms with Crippen LogP contribution in [0.4, 0.5) is 0 Å². The van der Waals surface area contributed by atoms with Gasteiger partial charge in [-0.1, -0.05) is 54.7 Å². The second-order valence-electron chi connectivity index (χ2n) is 7.42. The summed E-state index contributed by atoms with van der Waals surface area (Å²) >= 11 is 13.6. The number of methoxy groups -OCH3 is 1. The smallest absolute Gasteiger partial charge is 0.242 e. The molecule has 2 aromatic carbocycles. The first-order valence-electron chi connectivity index (χ1n) is 10.6. The van der Waals surface area contributed by atoms with Gasteiger partial charge in [-0.2, -0.15) is 0 Å². The number of hydrogen-bond acceptors (Lipinski definition) is 4. The lowest BCUT2D eigenvalue weighted by Gasteiger charge is -2.29. The van der Waals surface area contributed by atoms with Crippen molar-refractivity contribution in [2.24, 2.45) is 0 Å². The molecule has 0 aliphatic rings. The minimum absolute atomic E-state index is 0.110. The fourth-order valence-electron chi connectivity index (χ4n) is 3.06. The molecule has 2 rings (SSSR count). The topological polar surface area (TPSA) is 58.6 Å². The van der Waals surface area contributed by atoms with E-state index in [1.54, 1.807) is 31.1 Å². The third kappa shape index (κ3) is 8.23. The molecule has 0 unspecified atom stereocenters. The van der Waals surface area contributed by atoms with Gasteiger partial charge in [0.2, 0.25) is 11.8 Å². The maximum Gasteiger partial charge on any atom is 0.242 e. The number of halogens is 2. The Kier molecular flexibility index (Phi) is 11.2. The fourth-order valence-corrected chi connectivity index (χ4v) is 4.52. The number of nitrogens with one attached hydrogen (secondary N) is 1. The third-order valence-electron chi connectivity index (χ3n) is 4.98. The van der Waals surface area contributed by atoms with Crippen molar-refractivity contribution in [3.05, 3.63) is 63.6 Å². The summed E-state index contributed by atoms with van der Waals surface area (Å²) in [6, 6.07) is 12.3. The Morgan fingerprint density at radius 1 is 1.19 bits per heavy atom. The van der Waals surface area contributed by atoms with Crippen LogP contribution < -0.4 is 10.1 Å². The van der Waals surface area contributed by atoms with Gasteiger partial charge in [0, 0.05) is 28.9 Å². The maximum atomic E-state index is 13.1. The molecule has 0 bridgehead atoms. The summed E-state index contributed by atoms with van der Waals surface area (Å²) in [5.41, 5.74) is 1.82. The lowest BCUT2D eigenvalue weighted by atomic mass is 10.1. The van der Waals surface area contributed by atoms with Crippen LogP contribution in [0.1, 0.15) is 37.8 Å². The highest BCUT2D eigenvalue weighted by atomic mass is 35.5. The van der Waals surface area contributed by atoms with Crippen LogP contribution in [0.15, 0.2) is 42.5 Å². The number of carbonyl (C=O) groups is 2. The Labute approximate surface area is 204 Å². The van der Waals surface area contributed by atoms with Crippen molar-refractivity contribution in [3.63, 3.8) is 0 Å². The third-order valence-corrected chi connectivity index (χ3v) is 6.54. The van der Waals surface area contributed by atoms with E-state index in [-0.39, 0.29) is 17.6 Å². The van der Waals surface area contributed by atoms with Crippen LogP contribution in [-0.4, -0.2) is 42.2 Å². The number of rotatable bonds is 12. The Bertz CT molecular complexity index is 911. The Balaban J connectivity index is 2.08. The average Bonchev–Trinajstić information content (AvgIpc) is 2.78. The SMILES string of the molecule is CCCCNC(=O)[C@@H](C)N(Cc1cccc(OC)c1)C(=O)CSCc1ccc(Cl)cc1Cl. The van der Waals surface area contributed by atoms with Gasteiger partial charge in [-0.3, -0.25) is 9.59 Å². The first kappa shape index (κ1) is 26.4. The maximum absolute atomic E-state index is 13.1. The van der Waals surface area contributed by atoms with E-state index in [0.717, 1.165) is 24.0 Å². The van der Waals surface area contributed by atoms with Gasteiger partial charge >= 0.3 is 0 Å². The first-order valence-corrected chi connectivity index (χ1v) is 12.5. The number of hydrogen-bond donors (Lipinski definition) is 1. The Morgan fingerprint density at radius 3 is 2.66 bits per heavy atom. The lowest BCUT2D eigenvalue weighted by Crippen LogP contribution is -2.48. The van der Waals surface area contributed by atoms with E-state index in [1.165, 1.54) is 11.8 Å². The normalized spacial score (nSPS) is 11.7. The molecule has 0 fully saturated rings. The molecule has 0 aliphatic heterocycles. The predicted octanol–water partition coefficient (Wildman–Crippen LogP) is 5.57. The number of nitrogens with zero attached hydrogens (tertiary/aromatic N) is 1. The molecular weight excluding hydrogens is 467 g/mol. The number of benzene rings is 2. The molecule has 0 saturated carbocycles. The van der Waals surface area contributed by atoms with Crippen LogP contribution in [0, 0.1) is 0 Å². The number of carbonyl (C=O) groups excluding carboxylic acids is 2. The second kappa shape index (κ2) is 13.6. The summed E-state index contributed by atoms with van der Waals surface area (Å²) in [7, 11) is 1.60. The summed E-state index contributed by atoms with van der Waals surface area (Å²) in [6.45, 7) is 4.75. The van der Waals surface area contributed by atoms with E-state index in [9.17, 15) is 9.59 Å². The molecule has 2 aromatic rings. The van der Waals surface area contributed by atoms with Crippen molar-refractivity contribution >= 4 is 46.8 Å². The van der Waals surface area contributed by atoms with Gasteiger partial charge in [-0.25, -0.2) is 0 Å². The van der Waals surface area contributed by atoms with Crippen LogP contribution in [0.5, 0.6) is 5.75 Å². The Hall–Kier alpha value is -1.89. The van der Waals surface area contributed by atoms with Crippen molar-refractivity contribution in [2.45, 2.75) is 45.0 Å². The molecule has 0 spiro atoms. The molecule has 174 valence electrons. The quantitative estimate of drug-likeness (QED) is 0.390. The molecule has 0 radical (unpaired) electrons. The number of amides is 2. The van der Waals surface area contributed by atoms with Crippen LogP contribution in [0.25, 0.3) is 0 Å². The van der Waals surface area contributed by atoms with E-state index < -0.39 is 6.04 Å². The standard InChI is InChI=1S/C24H30Cl2N2O3S/c1-4-5-11-27-24(30)17(2)28(14-18-7-6-8-21(12-18)31-3)23(29)16-32-15-19-9-10-20(25)13-22(19)26/h6-10,12-13,17H,4-5,11,14-16H2,1-3H3,(H,27,30)/t17-/m1/s1. The number of unbranched alkanes of at least 4 members (excludes halogenated alkanes) is 1. The van der Waals surface area contributed by atoms with E-state index >= 15 is 0 Å². The minimum atomic E-state index is -0.592. The van der Waals surface area contributed by atoms with Gasteiger partial charge in [0.15, 0.2) is 0 Å². The van der Waals surface area contributed by atoms with Crippen LogP contribution in [-0.2, 0) is 21.9 Å². The molecule has 2 amide bonds. The van der Waals surface area contributed by atoms with Gasteiger partial charge in [0.1, 0.15) is 11.8 Å². The highest BCUT2D eigenvalue weighted by Crippen LogP contribution is 2.25. The van der Waals surface area contributed by atoms with Crippen LogP contribution in [0.2, 0.25) is 10.0 Å². The molecule has 0 aromatic heterocycles. The van der Waals surface area contributed by atoms with E-state index in [2.05, 4.69) is 12.2 Å². The summed E-state index contributed by atoms with van der Waals surface area (Å²) in [5, 5.41) is 4.08. The largest absolute Gasteiger partial charge is 0.497 e. The molecule has 8 heteroatoms. The van der Waals surface area contributed by atoms with E-state index in [0.29, 0.717) is 34.6 Å². The summed E-state index contributed by atoms with van der Waals surface area (Å²) in [5.74, 6) is 1.25. The van der Waals surface area contributed by atoms with Crippen molar-refractivity contribution < 1.29 is 14.3 Å².